The molecule has 0 spiro atoms. The second-order valence-electron chi connectivity index (χ2n) is 2.47. The highest BCUT2D eigenvalue weighted by atomic mass is 35.5. The van der Waals surface area contributed by atoms with Crippen LogP contribution in [0.3, 0.4) is 0 Å². The summed E-state index contributed by atoms with van der Waals surface area (Å²) in [5.74, 6) is -0.676. The van der Waals surface area contributed by atoms with Crippen LogP contribution in [0.25, 0.3) is 0 Å². The smallest absolute Gasteiger partial charge is 0.267 e. The normalized spacial score (nSPS) is 11.0. The van der Waals surface area contributed by atoms with Crippen molar-refractivity contribution in [2.24, 2.45) is 0 Å². The Morgan fingerprint density at radius 2 is 2.21 bits per heavy atom. The molecule has 1 aromatic heterocycles. The molecule has 0 aliphatic heterocycles. The van der Waals surface area contributed by atoms with E-state index in [-0.39, 0.29) is 9.92 Å². The molecule has 0 atom stereocenters. The van der Waals surface area contributed by atoms with Gasteiger partial charge in [0.15, 0.2) is 0 Å². The maximum atomic E-state index is 11.4. The molecule has 0 fully saturated rings. The van der Waals surface area contributed by atoms with Crippen molar-refractivity contribution in [3.63, 3.8) is 0 Å². The van der Waals surface area contributed by atoms with E-state index in [4.69, 9.17) is 11.6 Å². The zero-order valence-corrected chi connectivity index (χ0v) is 8.76. The van der Waals surface area contributed by atoms with Crippen LogP contribution in [0.1, 0.15) is 6.92 Å². The van der Waals surface area contributed by atoms with E-state index in [1.165, 1.54) is 12.3 Å². The minimum absolute atomic E-state index is 0.0220. The maximum absolute atomic E-state index is 11.4. The number of hydrogen-bond acceptors (Lipinski definition) is 4. The average molecular weight is 235 g/mol. The molecule has 1 heterocycles. The molecule has 7 heteroatoms. The van der Waals surface area contributed by atoms with Crippen LogP contribution in [0.2, 0.25) is 5.02 Å². The minimum atomic E-state index is -3.88. The van der Waals surface area contributed by atoms with Crippen molar-refractivity contribution in [1.82, 2.24) is 9.71 Å². The first-order valence-electron chi connectivity index (χ1n) is 3.56. The number of pyridine rings is 1. The predicted octanol–water partition coefficient (Wildman–Crippen LogP) is 0.560. The van der Waals surface area contributed by atoms with Gasteiger partial charge in [0.25, 0.3) is 10.0 Å². The highest BCUT2D eigenvalue weighted by molar-refractivity contribution is 7.90. The number of carbonyl (C=O) groups is 1. The van der Waals surface area contributed by atoms with E-state index >= 15 is 0 Å². The van der Waals surface area contributed by atoms with Crippen LogP contribution in [0.15, 0.2) is 23.4 Å². The molecular formula is C7H7ClN2O3S. The molecule has 0 aromatic carbocycles. The topological polar surface area (TPSA) is 76.1 Å². The number of carbonyl (C=O) groups excluding carboxylic acids is 1. The van der Waals surface area contributed by atoms with Gasteiger partial charge in [-0.25, -0.2) is 13.1 Å². The quantitative estimate of drug-likeness (QED) is 0.811. The first kappa shape index (κ1) is 10.9. The predicted molar refractivity (Wildman–Crippen MR) is 50.2 cm³/mol. The second-order valence-corrected chi connectivity index (χ2v) is 4.53. The fourth-order valence-corrected chi connectivity index (χ4v) is 2.23. The van der Waals surface area contributed by atoms with E-state index in [2.05, 4.69) is 4.98 Å². The van der Waals surface area contributed by atoms with Gasteiger partial charge >= 0.3 is 0 Å². The summed E-state index contributed by atoms with van der Waals surface area (Å²) in [6.45, 7) is 1.10. The van der Waals surface area contributed by atoms with Crippen LogP contribution in [-0.4, -0.2) is 19.3 Å². The molecule has 14 heavy (non-hydrogen) atoms. The van der Waals surface area contributed by atoms with Crippen LogP contribution >= 0.6 is 11.6 Å². The summed E-state index contributed by atoms with van der Waals surface area (Å²) in [4.78, 5) is 14.0. The number of halogens is 1. The molecule has 0 bridgehead atoms. The van der Waals surface area contributed by atoms with Crippen molar-refractivity contribution < 1.29 is 13.2 Å². The Kier molecular flexibility index (Phi) is 3.07. The third-order valence-corrected chi connectivity index (χ3v) is 3.20. The van der Waals surface area contributed by atoms with E-state index in [1.54, 1.807) is 4.72 Å². The Hall–Kier alpha value is -1.14. The highest BCUT2D eigenvalue weighted by Gasteiger charge is 2.18. The standard InChI is InChI=1S/C7H7ClN2O3S/c1-5(11)10-14(12,13)7-4-9-3-2-6(7)8/h2-4H,1H3,(H,10,11). The molecule has 76 valence electrons. The Bertz CT molecular complexity index is 458. The van der Waals surface area contributed by atoms with Gasteiger partial charge in [-0.2, -0.15) is 0 Å². The summed E-state index contributed by atoms with van der Waals surface area (Å²) >= 11 is 5.62. The molecular weight excluding hydrogens is 228 g/mol. The van der Waals surface area contributed by atoms with E-state index in [9.17, 15) is 13.2 Å². The maximum Gasteiger partial charge on any atom is 0.267 e. The first-order valence-corrected chi connectivity index (χ1v) is 5.42. The molecule has 0 aliphatic rings. The average Bonchev–Trinajstić information content (AvgIpc) is 2.02. The zero-order chi connectivity index (χ0) is 10.8. The van der Waals surface area contributed by atoms with Gasteiger partial charge in [-0.15, -0.1) is 0 Å². The number of nitrogens with one attached hydrogen (secondary N) is 1. The number of sulfonamides is 1. The van der Waals surface area contributed by atoms with Crippen molar-refractivity contribution in [3.8, 4) is 0 Å². The Morgan fingerprint density at radius 3 is 2.71 bits per heavy atom. The molecule has 0 aliphatic carbocycles. The van der Waals surface area contributed by atoms with Crippen LogP contribution in [0.4, 0.5) is 0 Å². The highest BCUT2D eigenvalue weighted by Crippen LogP contribution is 2.18. The molecule has 1 amide bonds. The van der Waals surface area contributed by atoms with Gasteiger partial charge in [-0.3, -0.25) is 9.78 Å². The third kappa shape index (κ3) is 2.43. The molecule has 5 nitrogen and oxygen atoms in total. The Labute approximate surface area is 86.2 Å². The summed E-state index contributed by atoms with van der Waals surface area (Å²) < 4.78 is 24.6. The molecule has 1 rings (SSSR count). The van der Waals surface area contributed by atoms with Crippen molar-refractivity contribution >= 4 is 27.5 Å². The van der Waals surface area contributed by atoms with Crippen LogP contribution < -0.4 is 4.72 Å². The summed E-state index contributed by atoms with van der Waals surface area (Å²) in [5, 5.41) is 0.0220. The lowest BCUT2D eigenvalue weighted by molar-refractivity contribution is -0.117. The van der Waals surface area contributed by atoms with Crippen molar-refractivity contribution in [2.45, 2.75) is 11.8 Å². The molecule has 0 saturated carbocycles. The van der Waals surface area contributed by atoms with E-state index < -0.39 is 15.9 Å². The fraction of sp³-hybridized carbons (Fsp3) is 0.143. The van der Waals surface area contributed by atoms with E-state index in [0.29, 0.717) is 0 Å². The third-order valence-electron chi connectivity index (χ3n) is 1.30. The monoisotopic (exact) mass is 234 g/mol. The lowest BCUT2D eigenvalue weighted by Crippen LogP contribution is -2.28. The first-order chi connectivity index (χ1) is 6.43. The summed E-state index contributed by atoms with van der Waals surface area (Å²) in [6, 6.07) is 1.33. The van der Waals surface area contributed by atoms with Gasteiger partial charge in [0.05, 0.1) is 5.02 Å². The number of rotatable bonds is 2. The number of hydrogen-bond donors (Lipinski definition) is 1. The van der Waals surface area contributed by atoms with E-state index in [1.807, 2.05) is 0 Å². The molecule has 0 radical (unpaired) electrons. The zero-order valence-electron chi connectivity index (χ0n) is 7.19. The summed E-state index contributed by atoms with van der Waals surface area (Å²) in [5.41, 5.74) is 0. The van der Waals surface area contributed by atoms with Gasteiger partial charge in [0.1, 0.15) is 4.90 Å². The lowest BCUT2D eigenvalue weighted by Gasteiger charge is -2.04. The van der Waals surface area contributed by atoms with Gasteiger partial charge in [0.2, 0.25) is 5.91 Å². The summed E-state index contributed by atoms with van der Waals surface area (Å²) in [7, 11) is -3.88. The molecule has 1 aromatic rings. The SMILES string of the molecule is CC(=O)NS(=O)(=O)c1cnccc1Cl. The van der Waals surface area contributed by atoms with Gasteiger partial charge in [0, 0.05) is 19.3 Å². The van der Waals surface area contributed by atoms with Gasteiger partial charge < -0.3 is 0 Å². The molecule has 0 saturated heterocycles. The summed E-state index contributed by atoms with van der Waals surface area (Å²) in [6.07, 6.45) is 2.43. The number of amides is 1. The lowest BCUT2D eigenvalue weighted by atomic mass is 10.5. The Balaban J connectivity index is 3.17. The van der Waals surface area contributed by atoms with Gasteiger partial charge in [-0.1, -0.05) is 11.6 Å². The van der Waals surface area contributed by atoms with Crippen molar-refractivity contribution in [3.05, 3.63) is 23.5 Å². The second kappa shape index (κ2) is 3.93. The fourth-order valence-electron chi connectivity index (χ4n) is 0.805. The van der Waals surface area contributed by atoms with Crippen LogP contribution in [-0.2, 0) is 14.8 Å². The molecule has 1 N–H and O–H groups in total. The van der Waals surface area contributed by atoms with Crippen LogP contribution in [0, 0.1) is 0 Å². The van der Waals surface area contributed by atoms with Crippen molar-refractivity contribution in [2.75, 3.05) is 0 Å². The van der Waals surface area contributed by atoms with Crippen molar-refractivity contribution in [1.29, 1.82) is 0 Å². The number of aromatic nitrogens is 1. The van der Waals surface area contributed by atoms with Crippen LogP contribution in [0.5, 0.6) is 0 Å². The molecule has 0 unspecified atom stereocenters. The largest absolute Gasteiger partial charge is 0.274 e. The Morgan fingerprint density at radius 1 is 1.57 bits per heavy atom. The minimum Gasteiger partial charge on any atom is -0.274 e. The van der Waals surface area contributed by atoms with Gasteiger partial charge in [-0.05, 0) is 6.07 Å². The number of nitrogens with zero attached hydrogens (tertiary/aromatic N) is 1. The van der Waals surface area contributed by atoms with E-state index in [0.717, 1.165) is 13.1 Å².